The van der Waals surface area contributed by atoms with Crippen LogP contribution in [0.15, 0.2) is 24.3 Å². The molecule has 0 aliphatic heterocycles. The van der Waals surface area contributed by atoms with Crippen LogP contribution in [0.4, 0.5) is 0 Å². The Morgan fingerprint density at radius 1 is 1.64 bits per heavy atom. The lowest BCUT2D eigenvalue weighted by atomic mass is 9.80. The molecule has 0 nitrogen and oxygen atoms in total. The summed E-state index contributed by atoms with van der Waals surface area (Å²) in [7, 11) is 0. The minimum absolute atomic E-state index is 0.606. The number of hydrogen-bond donors (Lipinski definition) is 0. The first-order chi connectivity index (χ1) is 6.61. The topological polar surface area (TPSA) is 0 Å². The van der Waals surface area contributed by atoms with E-state index in [0.29, 0.717) is 11.3 Å². The van der Waals surface area contributed by atoms with E-state index in [1.54, 1.807) is 0 Å². The van der Waals surface area contributed by atoms with Crippen LogP contribution in [0.2, 0.25) is 0 Å². The molecule has 0 heteroatoms. The van der Waals surface area contributed by atoms with E-state index in [-0.39, 0.29) is 0 Å². The maximum Gasteiger partial charge on any atom is -0.0112 e. The standard InChI is InChI=1S/C14H22/c1-11(2)12(3)4-7-14-8-5-13(10-14)6-9-14/h5,8,12-13H,1,4,6-7,9-10H2,2-3H3. The van der Waals surface area contributed by atoms with Crippen LogP contribution in [0.25, 0.3) is 0 Å². The molecular weight excluding hydrogens is 168 g/mol. The average Bonchev–Trinajstić information content (AvgIpc) is 2.74. The lowest BCUT2D eigenvalue weighted by Gasteiger charge is -2.25. The van der Waals surface area contributed by atoms with Gasteiger partial charge in [0.25, 0.3) is 0 Å². The molecule has 3 atom stereocenters. The van der Waals surface area contributed by atoms with Crippen LogP contribution in [0, 0.1) is 17.3 Å². The fourth-order valence-electron chi connectivity index (χ4n) is 2.92. The van der Waals surface area contributed by atoms with Gasteiger partial charge in [0.1, 0.15) is 0 Å². The molecule has 14 heavy (non-hydrogen) atoms. The summed E-state index contributed by atoms with van der Waals surface area (Å²) in [5.74, 6) is 1.63. The predicted octanol–water partition coefficient (Wildman–Crippen LogP) is 4.34. The SMILES string of the molecule is C=C(C)C(C)CCC12C=CC(CC1)C2. The lowest BCUT2D eigenvalue weighted by Crippen LogP contribution is -2.13. The molecule has 0 aromatic heterocycles. The van der Waals surface area contributed by atoms with Gasteiger partial charge in [-0.05, 0) is 56.3 Å². The number of allylic oxidation sites excluding steroid dienone is 3. The van der Waals surface area contributed by atoms with Crippen LogP contribution in [0.3, 0.4) is 0 Å². The molecule has 0 N–H and O–H groups in total. The van der Waals surface area contributed by atoms with Gasteiger partial charge in [-0.25, -0.2) is 0 Å². The van der Waals surface area contributed by atoms with Gasteiger partial charge in [0.15, 0.2) is 0 Å². The smallest absolute Gasteiger partial charge is 0.0112 e. The van der Waals surface area contributed by atoms with Crippen LogP contribution >= 0.6 is 0 Å². The molecular formula is C14H22. The molecule has 2 aliphatic carbocycles. The first kappa shape index (κ1) is 10.0. The van der Waals surface area contributed by atoms with Crippen molar-refractivity contribution in [2.75, 3.05) is 0 Å². The van der Waals surface area contributed by atoms with Crippen LogP contribution < -0.4 is 0 Å². The van der Waals surface area contributed by atoms with Crippen molar-refractivity contribution in [3.8, 4) is 0 Å². The van der Waals surface area contributed by atoms with E-state index >= 15 is 0 Å². The molecule has 1 fully saturated rings. The van der Waals surface area contributed by atoms with Crippen molar-refractivity contribution < 1.29 is 0 Å². The predicted molar refractivity (Wildman–Crippen MR) is 62.1 cm³/mol. The summed E-state index contributed by atoms with van der Waals surface area (Å²) >= 11 is 0. The van der Waals surface area contributed by atoms with Crippen LogP contribution in [0.1, 0.15) is 46.0 Å². The van der Waals surface area contributed by atoms with E-state index in [0.717, 1.165) is 5.92 Å². The summed E-state index contributed by atoms with van der Waals surface area (Å²) in [5, 5.41) is 0. The Hall–Kier alpha value is -0.520. The van der Waals surface area contributed by atoms with Crippen molar-refractivity contribution in [3.05, 3.63) is 24.3 Å². The Morgan fingerprint density at radius 2 is 2.43 bits per heavy atom. The fourth-order valence-corrected chi connectivity index (χ4v) is 2.92. The minimum atomic E-state index is 0.606. The Bertz CT molecular complexity index is 261. The molecule has 2 bridgehead atoms. The monoisotopic (exact) mass is 190 g/mol. The molecule has 0 saturated heterocycles. The summed E-state index contributed by atoms with van der Waals surface area (Å²) in [6.07, 6.45) is 12.0. The van der Waals surface area contributed by atoms with Gasteiger partial charge in [-0.1, -0.05) is 31.2 Å². The Morgan fingerprint density at radius 3 is 2.86 bits per heavy atom. The third-order valence-electron chi connectivity index (χ3n) is 4.32. The number of rotatable bonds is 4. The zero-order valence-corrected chi connectivity index (χ0v) is 9.55. The first-order valence-electron chi connectivity index (χ1n) is 5.96. The molecule has 3 unspecified atom stereocenters. The van der Waals surface area contributed by atoms with E-state index in [9.17, 15) is 0 Å². The van der Waals surface area contributed by atoms with Crippen molar-refractivity contribution in [2.24, 2.45) is 17.3 Å². The van der Waals surface area contributed by atoms with Gasteiger partial charge in [-0.2, -0.15) is 0 Å². The fraction of sp³-hybridized carbons (Fsp3) is 0.714. The molecule has 0 spiro atoms. The van der Waals surface area contributed by atoms with Gasteiger partial charge in [0.2, 0.25) is 0 Å². The second-order valence-corrected chi connectivity index (χ2v) is 5.51. The molecule has 0 aromatic carbocycles. The molecule has 78 valence electrons. The minimum Gasteiger partial charge on any atom is -0.0999 e. The van der Waals surface area contributed by atoms with Gasteiger partial charge in [-0.3, -0.25) is 0 Å². The van der Waals surface area contributed by atoms with Gasteiger partial charge in [0, 0.05) is 0 Å². The summed E-state index contributed by atoms with van der Waals surface area (Å²) in [5.41, 5.74) is 1.95. The molecule has 1 saturated carbocycles. The first-order valence-corrected chi connectivity index (χ1v) is 5.96. The van der Waals surface area contributed by atoms with Crippen molar-refractivity contribution in [1.29, 1.82) is 0 Å². The molecule has 0 heterocycles. The molecule has 0 amide bonds. The molecule has 2 rings (SSSR count). The van der Waals surface area contributed by atoms with Crippen molar-refractivity contribution in [2.45, 2.75) is 46.0 Å². The quantitative estimate of drug-likeness (QED) is 0.579. The summed E-state index contributed by atoms with van der Waals surface area (Å²) in [6, 6.07) is 0. The van der Waals surface area contributed by atoms with Gasteiger partial charge in [-0.15, -0.1) is 0 Å². The van der Waals surface area contributed by atoms with Gasteiger partial charge < -0.3 is 0 Å². The van der Waals surface area contributed by atoms with Crippen LogP contribution in [-0.4, -0.2) is 0 Å². The second kappa shape index (κ2) is 3.56. The number of hydrogen-bond acceptors (Lipinski definition) is 0. The van der Waals surface area contributed by atoms with Crippen molar-refractivity contribution in [3.63, 3.8) is 0 Å². The zero-order valence-electron chi connectivity index (χ0n) is 9.55. The van der Waals surface area contributed by atoms with E-state index in [2.05, 4.69) is 32.6 Å². The largest absolute Gasteiger partial charge is 0.0999 e. The highest BCUT2D eigenvalue weighted by atomic mass is 14.4. The highest BCUT2D eigenvalue weighted by Crippen LogP contribution is 2.52. The summed E-state index contributed by atoms with van der Waals surface area (Å²) in [6.45, 7) is 8.51. The third kappa shape index (κ3) is 1.80. The van der Waals surface area contributed by atoms with Crippen LogP contribution in [0.5, 0.6) is 0 Å². The average molecular weight is 190 g/mol. The Kier molecular flexibility index (Phi) is 2.55. The molecule has 0 radical (unpaired) electrons. The van der Waals surface area contributed by atoms with E-state index in [4.69, 9.17) is 0 Å². The third-order valence-corrected chi connectivity index (χ3v) is 4.32. The van der Waals surface area contributed by atoms with E-state index in [1.807, 2.05) is 0 Å². The Labute approximate surface area is 88.1 Å². The summed E-state index contributed by atoms with van der Waals surface area (Å²) in [4.78, 5) is 0. The highest BCUT2D eigenvalue weighted by molar-refractivity contribution is 5.15. The van der Waals surface area contributed by atoms with Crippen molar-refractivity contribution >= 4 is 0 Å². The van der Waals surface area contributed by atoms with Crippen LogP contribution in [-0.2, 0) is 0 Å². The maximum atomic E-state index is 4.04. The highest BCUT2D eigenvalue weighted by Gasteiger charge is 2.40. The van der Waals surface area contributed by atoms with Crippen molar-refractivity contribution in [1.82, 2.24) is 0 Å². The number of fused-ring (bicyclic) bond motifs is 2. The van der Waals surface area contributed by atoms with E-state index in [1.165, 1.54) is 37.7 Å². The maximum absolute atomic E-state index is 4.04. The second-order valence-electron chi connectivity index (χ2n) is 5.51. The van der Waals surface area contributed by atoms with Gasteiger partial charge in [0.05, 0.1) is 0 Å². The lowest BCUT2D eigenvalue weighted by molar-refractivity contribution is 0.338. The molecule has 2 aliphatic rings. The normalized spacial score (nSPS) is 36.3. The van der Waals surface area contributed by atoms with Gasteiger partial charge >= 0.3 is 0 Å². The Balaban J connectivity index is 1.86. The zero-order chi connectivity index (χ0) is 10.2. The summed E-state index contributed by atoms with van der Waals surface area (Å²) < 4.78 is 0. The molecule has 0 aromatic rings. The van der Waals surface area contributed by atoms with E-state index < -0.39 is 0 Å².